The van der Waals surface area contributed by atoms with Gasteiger partial charge in [0.1, 0.15) is 0 Å². The van der Waals surface area contributed by atoms with Crippen LogP contribution in [0, 0.1) is 0 Å². The average molecular weight is 248 g/mol. The van der Waals surface area contributed by atoms with E-state index in [2.05, 4.69) is 36.6 Å². The summed E-state index contributed by atoms with van der Waals surface area (Å²) in [7, 11) is 0. The first-order valence-corrected chi connectivity index (χ1v) is 6.85. The standard InChI is InChI=1S/C15H24N2O/c1-3-5-11-16-12-10-15(18)17-14-8-6-13(4-2)7-9-14/h6-9,16H,3-5,10-12H2,1-2H3,(H,17,18). The van der Waals surface area contributed by atoms with Crippen molar-refractivity contribution in [1.82, 2.24) is 5.32 Å². The minimum absolute atomic E-state index is 0.0725. The Kier molecular flexibility index (Phi) is 7.11. The Bertz CT molecular complexity index is 346. The van der Waals surface area contributed by atoms with Crippen molar-refractivity contribution < 1.29 is 4.79 Å². The summed E-state index contributed by atoms with van der Waals surface area (Å²) in [4.78, 5) is 11.6. The molecule has 0 saturated heterocycles. The van der Waals surface area contributed by atoms with Crippen molar-refractivity contribution in [2.24, 2.45) is 0 Å². The molecule has 0 radical (unpaired) electrons. The topological polar surface area (TPSA) is 41.1 Å². The lowest BCUT2D eigenvalue weighted by Crippen LogP contribution is -2.22. The van der Waals surface area contributed by atoms with Crippen molar-refractivity contribution in [1.29, 1.82) is 0 Å². The quantitative estimate of drug-likeness (QED) is 0.694. The Morgan fingerprint density at radius 1 is 1.11 bits per heavy atom. The Labute approximate surface area is 110 Å². The molecule has 1 amide bonds. The number of hydrogen-bond donors (Lipinski definition) is 2. The lowest BCUT2D eigenvalue weighted by atomic mass is 10.1. The number of nitrogens with one attached hydrogen (secondary N) is 2. The fourth-order valence-electron chi connectivity index (χ4n) is 1.68. The number of anilines is 1. The summed E-state index contributed by atoms with van der Waals surface area (Å²) in [6.07, 6.45) is 3.90. The maximum absolute atomic E-state index is 11.6. The van der Waals surface area contributed by atoms with E-state index in [0.717, 1.165) is 25.2 Å². The van der Waals surface area contributed by atoms with Crippen molar-refractivity contribution in [2.75, 3.05) is 18.4 Å². The Balaban J connectivity index is 2.22. The van der Waals surface area contributed by atoms with Gasteiger partial charge in [-0.1, -0.05) is 32.4 Å². The molecule has 0 aliphatic heterocycles. The zero-order valence-electron chi connectivity index (χ0n) is 11.5. The van der Waals surface area contributed by atoms with Crippen molar-refractivity contribution in [3.05, 3.63) is 29.8 Å². The van der Waals surface area contributed by atoms with Crippen LogP contribution in [0.2, 0.25) is 0 Å². The van der Waals surface area contributed by atoms with Crippen molar-refractivity contribution in [2.45, 2.75) is 39.5 Å². The van der Waals surface area contributed by atoms with Crippen LogP contribution in [0.5, 0.6) is 0 Å². The second kappa shape index (κ2) is 8.70. The van der Waals surface area contributed by atoms with Gasteiger partial charge in [0, 0.05) is 18.7 Å². The first kappa shape index (κ1) is 14.7. The van der Waals surface area contributed by atoms with Gasteiger partial charge in [0.2, 0.25) is 5.91 Å². The first-order chi connectivity index (χ1) is 8.76. The van der Waals surface area contributed by atoms with E-state index in [4.69, 9.17) is 0 Å². The third kappa shape index (κ3) is 5.82. The molecule has 18 heavy (non-hydrogen) atoms. The second-order valence-corrected chi connectivity index (χ2v) is 4.45. The molecule has 100 valence electrons. The number of hydrogen-bond acceptors (Lipinski definition) is 2. The number of amides is 1. The molecule has 0 bridgehead atoms. The fourth-order valence-corrected chi connectivity index (χ4v) is 1.68. The van der Waals surface area contributed by atoms with E-state index in [1.54, 1.807) is 0 Å². The normalized spacial score (nSPS) is 10.3. The first-order valence-electron chi connectivity index (χ1n) is 6.85. The van der Waals surface area contributed by atoms with Gasteiger partial charge in [-0.25, -0.2) is 0 Å². The third-order valence-electron chi connectivity index (χ3n) is 2.88. The monoisotopic (exact) mass is 248 g/mol. The molecule has 0 atom stereocenters. The smallest absolute Gasteiger partial charge is 0.225 e. The van der Waals surface area contributed by atoms with E-state index in [9.17, 15) is 4.79 Å². The zero-order chi connectivity index (χ0) is 13.2. The van der Waals surface area contributed by atoms with Gasteiger partial charge in [-0.15, -0.1) is 0 Å². The molecular formula is C15H24N2O. The molecule has 2 N–H and O–H groups in total. The van der Waals surface area contributed by atoms with Crippen LogP contribution in [0.1, 0.15) is 38.7 Å². The van der Waals surface area contributed by atoms with Crippen LogP contribution < -0.4 is 10.6 Å². The predicted octanol–water partition coefficient (Wildman–Crippen LogP) is 2.97. The van der Waals surface area contributed by atoms with E-state index >= 15 is 0 Å². The highest BCUT2D eigenvalue weighted by molar-refractivity contribution is 5.90. The molecule has 0 unspecified atom stereocenters. The van der Waals surface area contributed by atoms with Gasteiger partial charge in [0.25, 0.3) is 0 Å². The predicted molar refractivity (Wildman–Crippen MR) is 76.8 cm³/mol. The summed E-state index contributed by atoms with van der Waals surface area (Å²) in [6, 6.07) is 8.02. The van der Waals surface area contributed by atoms with Gasteiger partial charge in [0.15, 0.2) is 0 Å². The van der Waals surface area contributed by atoms with Crippen LogP contribution in [0.15, 0.2) is 24.3 Å². The fraction of sp³-hybridized carbons (Fsp3) is 0.533. The third-order valence-corrected chi connectivity index (χ3v) is 2.88. The van der Waals surface area contributed by atoms with Crippen LogP contribution in [0.3, 0.4) is 0 Å². The summed E-state index contributed by atoms with van der Waals surface area (Å²) >= 11 is 0. The van der Waals surface area contributed by atoms with Crippen LogP contribution in [-0.4, -0.2) is 19.0 Å². The lowest BCUT2D eigenvalue weighted by molar-refractivity contribution is -0.116. The van der Waals surface area contributed by atoms with E-state index in [1.165, 1.54) is 18.4 Å². The number of aryl methyl sites for hydroxylation is 1. The maximum Gasteiger partial charge on any atom is 0.225 e. The van der Waals surface area contributed by atoms with Gasteiger partial charge < -0.3 is 10.6 Å². The largest absolute Gasteiger partial charge is 0.326 e. The van der Waals surface area contributed by atoms with E-state index < -0.39 is 0 Å². The summed E-state index contributed by atoms with van der Waals surface area (Å²) in [5.74, 6) is 0.0725. The van der Waals surface area contributed by atoms with E-state index in [1.807, 2.05) is 12.1 Å². The molecule has 0 fully saturated rings. The number of carbonyl (C=O) groups excluding carboxylic acids is 1. The minimum Gasteiger partial charge on any atom is -0.326 e. The van der Waals surface area contributed by atoms with Crippen molar-refractivity contribution >= 4 is 11.6 Å². The molecule has 1 aromatic rings. The number of rotatable bonds is 8. The second-order valence-electron chi connectivity index (χ2n) is 4.45. The van der Waals surface area contributed by atoms with Gasteiger partial charge in [-0.05, 0) is 37.1 Å². The SMILES string of the molecule is CCCCNCCC(=O)Nc1ccc(CC)cc1. The molecule has 1 aromatic carbocycles. The van der Waals surface area contributed by atoms with Crippen LogP contribution in [0.25, 0.3) is 0 Å². The van der Waals surface area contributed by atoms with Gasteiger partial charge in [-0.2, -0.15) is 0 Å². The Hall–Kier alpha value is -1.35. The molecule has 0 aromatic heterocycles. The van der Waals surface area contributed by atoms with Gasteiger partial charge >= 0.3 is 0 Å². The summed E-state index contributed by atoms with van der Waals surface area (Å²) in [5, 5.41) is 6.17. The van der Waals surface area contributed by atoms with Gasteiger partial charge in [-0.3, -0.25) is 4.79 Å². The van der Waals surface area contributed by atoms with Crippen LogP contribution in [0.4, 0.5) is 5.69 Å². The lowest BCUT2D eigenvalue weighted by Gasteiger charge is -2.06. The molecule has 0 spiro atoms. The van der Waals surface area contributed by atoms with Crippen molar-refractivity contribution in [3.63, 3.8) is 0 Å². The van der Waals surface area contributed by atoms with E-state index in [-0.39, 0.29) is 5.91 Å². The van der Waals surface area contributed by atoms with Crippen molar-refractivity contribution in [3.8, 4) is 0 Å². The highest BCUT2D eigenvalue weighted by Gasteiger charge is 2.01. The molecule has 0 saturated carbocycles. The van der Waals surface area contributed by atoms with Crippen LogP contribution >= 0.6 is 0 Å². The Morgan fingerprint density at radius 3 is 2.44 bits per heavy atom. The minimum atomic E-state index is 0.0725. The van der Waals surface area contributed by atoms with Gasteiger partial charge in [0.05, 0.1) is 0 Å². The molecular weight excluding hydrogens is 224 g/mol. The highest BCUT2D eigenvalue weighted by atomic mass is 16.1. The highest BCUT2D eigenvalue weighted by Crippen LogP contribution is 2.09. The summed E-state index contributed by atoms with van der Waals surface area (Å²) in [5.41, 5.74) is 2.17. The molecule has 0 aliphatic rings. The maximum atomic E-state index is 11.6. The molecule has 3 heteroatoms. The number of benzene rings is 1. The Morgan fingerprint density at radius 2 is 1.83 bits per heavy atom. The molecule has 3 nitrogen and oxygen atoms in total. The number of carbonyl (C=O) groups is 1. The van der Waals surface area contributed by atoms with E-state index in [0.29, 0.717) is 6.42 Å². The molecule has 0 aliphatic carbocycles. The average Bonchev–Trinajstić information content (AvgIpc) is 2.39. The summed E-state index contributed by atoms with van der Waals surface area (Å²) in [6.45, 7) is 6.03. The zero-order valence-corrected chi connectivity index (χ0v) is 11.5. The molecule has 0 heterocycles. The number of unbranched alkanes of at least 4 members (excludes halogenated alkanes) is 1. The summed E-state index contributed by atoms with van der Waals surface area (Å²) < 4.78 is 0. The molecule has 1 rings (SSSR count). The van der Waals surface area contributed by atoms with Crippen LogP contribution in [-0.2, 0) is 11.2 Å².